The van der Waals surface area contributed by atoms with Crippen LogP contribution in [-0.4, -0.2) is 11.2 Å². The van der Waals surface area contributed by atoms with Crippen molar-refractivity contribution in [2.75, 3.05) is 6.61 Å². The number of fused-ring (bicyclic) bond motifs is 1. The second-order valence-corrected chi connectivity index (χ2v) is 3.92. The summed E-state index contributed by atoms with van der Waals surface area (Å²) in [6.07, 6.45) is 7.68. The number of ether oxygens (including phenoxy) is 1. The summed E-state index contributed by atoms with van der Waals surface area (Å²) in [7, 11) is 0. The van der Waals surface area contributed by atoms with Crippen LogP contribution in [0.5, 0.6) is 0 Å². The number of benzene rings is 1. The molecule has 3 heteroatoms. The molecule has 1 unspecified atom stereocenters. The van der Waals surface area contributed by atoms with Crippen molar-refractivity contribution < 1.29 is 4.74 Å². The maximum absolute atomic E-state index is 9.12. The van der Waals surface area contributed by atoms with Gasteiger partial charge in [-0.3, -0.25) is 0 Å². The van der Waals surface area contributed by atoms with E-state index in [4.69, 9.17) is 10.00 Å². The van der Waals surface area contributed by atoms with E-state index in [2.05, 4.69) is 6.07 Å². The normalized spacial score (nSPS) is 20.3. The highest BCUT2D eigenvalue weighted by molar-refractivity contribution is 5.86. The maximum Gasteiger partial charge on any atom is 0.137 e. The van der Waals surface area contributed by atoms with E-state index in [1.807, 2.05) is 54.3 Å². The van der Waals surface area contributed by atoms with E-state index in [-0.39, 0.29) is 6.23 Å². The monoisotopic (exact) mass is 223 g/mol. The molecule has 1 aromatic heterocycles. The number of para-hydroxylation sites is 1. The third-order valence-corrected chi connectivity index (χ3v) is 2.91. The van der Waals surface area contributed by atoms with Crippen molar-refractivity contribution in [2.24, 2.45) is 0 Å². The van der Waals surface area contributed by atoms with Crippen LogP contribution in [0.3, 0.4) is 0 Å². The first-order chi connectivity index (χ1) is 8.40. The van der Waals surface area contributed by atoms with Gasteiger partial charge in [-0.05, 0) is 18.9 Å². The quantitative estimate of drug-likeness (QED) is 0.745. The predicted molar refractivity (Wildman–Crippen MR) is 64.5 cm³/mol. The molecule has 3 nitrogen and oxygen atoms in total. The zero-order valence-electron chi connectivity index (χ0n) is 9.21. The molecule has 1 aliphatic rings. The van der Waals surface area contributed by atoms with Crippen molar-refractivity contribution in [1.29, 1.82) is 5.26 Å². The molecule has 1 aromatic carbocycles. The minimum absolute atomic E-state index is 0.119. The fraction of sp³-hybridized carbons (Fsp3) is 0.143. The predicted octanol–water partition coefficient (Wildman–Crippen LogP) is 2.65. The van der Waals surface area contributed by atoms with Gasteiger partial charge in [-0.1, -0.05) is 18.2 Å². The number of hydrogen-bond donors (Lipinski definition) is 0. The van der Waals surface area contributed by atoms with E-state index >= 15 is 0 Å². The van der Waals surface area contributed by atoms with Gasteiger partial charge >= 0.3 is 0 Å². The first-order valence-electron chi connectivity index (χ1n) is 5.51. The molecule has 17 heavy (non-hydrogen) atoms. The highest BCUT2D eigenvalue weighted by Crippen LogP contribution is 2.28. The molecule has 0 spiro atoms. The maximum atomic E-state index is 9.12. The molecule has 0 saturated carbocycles. The van der Waals surface area contributed by atoms with Gasteiger partial charge in [0.25, 0.3) is 0 Å². The molecule has 0 amide bonds. The summed E-state index contributed by atoms with van der Waals surface area (Å²) in [5.41, 5.74) is 1.72. The second-order valence-electron chi connectivity index (χ2n) is 3.92. The number of nitriles is 1. The minimum atomic E-state index is -0.119. The third-order valence-electron chi connectivity index (χ3n) is 2.91. The van der Waals surface area contributed by atoms with Crippen LogP contribution in [0.15, 0.2) is 30.5 Å². The molecule has 1 fully saturated rings. The number of aromatic nitrogens is 1. The summed E-state index contributed by atoms with van der Waals surface area (Å²) < 4.78 is 7.64. The summed E-state index contributed by atoms with van der Waals surface area (Å²) in [5, 5.41) is 10.1. The van der Waals surface area contributed by atoms with Crippen molar-refractivity contribution in [3.8, 4) is 6.07 Å². The van der Waals surface area contributed by atoms with E-state index < -0.39 is 0 Å². The Bertz CT molecular complexity index is 573. The Kier molecular flexibility index (Phi) is 2.58. The zero-order chi connectivity index (χ0) is 11.7. The molecule has 3 radical (unpaired) electrons. The fourth-order valence-corrected chi connectivity index (χ4v) is 2.12. The smallest absolute Gasteiger partial charge is 0.137 e. The zero-order valence-corrected chi connectivity index (χ0v) is 9.21. The Morgan fingerprint density at radius 1 is 1.35 bits per heavy atom. The lowest BCUT2D eigenvalue weighted by Crippen LogP contribution is -2.18. The van der Waals surface area contributed by atoms with E-state index in [0.717, 1.165) is 10.9 Å². The van der Waals surface area contributed by atoms with Crippen molar-refractivity contribution in [3.63, 3.8) is 0 Å². The SMILES string of the molecule is N#Cc1cn(C2[CH][CH][CH]CO2)c2ccccc12. The van der Waals surface area contributed by atoms with Gasteiger partial charge in [-0.2, -0.15) is 5.26 Å². The third kappa shape index (κ3) is 1.71. The molecule has 1 aliphatic heterocycles. The van der Waals surface area contributed by atoms with Crippen LogP contribution in [0, 0.1) is 30.6 Å². The van der Waals surface area contributed by atoms with Gasteiger partial charge in [0.1, 0.15) is 12.3 Å². The molecule has 0 N–H and O–H groups in total. The fourth-order valence-electron chi connectivity index (χ4n) is 2.12. The summed E-state index contributed by atoms with van der Waals surface area (Å²) in [6, 6.07) is 10.1. The van der Waals surface area contributed by atoms with Crippen LogP contribution in [0.25, 0.3) is 10.9 Å². The van der Waals surface area contributed by atoms with Crippen molar-refractivity contribution in [2.45, 2.75) is 6.23 Å². The Hall–Kier alpha value is -1.79. The van der Waals surface area contributed by atoms with Gasteiger partial charge in [0.15, 0.2) is 0 Å². The van der Waals surface area contributed by atoms with Gasteiger partial charge in [0.2, 0.25) is 0 Å². The second kappa shape index (κ2) is 4.23. The van der Waals surface area contributed by atoms with Gasteiger partial charge in [-0.25, -0.2) is 0 Å². The van der Waals surface area contributed by atoms with Crippen LogP contribution in [0.4, 0.5) is 0 Å². The number of hydrogen-bond acceptors (Lipinski definition) is 2. The Morgan fingerprint density at radius 2 is 2.24 bits per heavy atom. The Balaban J connectivity index is 2.13. The summed E-state index contributed by atoms with van der Waals surface area (Å²) in [5.74, 6) is 0. The van der Waals surface area contributed by atoms with Gasteiger partial charge in [-0.15, -0.1) is 0 Å². The molecule has 83 valence electrons. The Morgan fingerprint density at radius 3 is 3.00 bits per heavy atom. The number of nitrogens with zero attached hydrogens (tertiary/aromatic N) is 2. The average Bonchev–Trinajstić information content (AvgIpc) is 2.78. The molecular weight excluding hydrogens is 212 g/mol. The Labute approximate surface area is 100 Å². The van der Waals surface area contributed by atoms with Crippen LogP contribution in [0.1, 0.15) is 11.8 Å². The van der Waals surface area contributed by atoms with E-state index in [9.17, 15) is 0 Å². The molecule has 3 rings (SSSR count). The van der Waals surface area contributed by atoms with Crippen LogP contribution >= 0.6 is 0 Å². The van der Waals surface area contributed by atoms with Crippen LogP contribution in [-0.2, 0) is 4.74 Å². The molecule has 2 heterocycles. The largest absolute Gasteiger partial charge is 0.357 e. The number of rotatable bonds is 1. The highest BCUT2D eigenvalue weighted by atomic mass is 16.5. The van der Waals surface area contributed by atoms with Gasteiger partial charge < -0.3 is 9.30 Å². The minimum Gasteiger partial charge on any atom is -0.357 e. The first kappa shape index (κ1) is 10.4. The molecular formula is C14H11N2O. The molecule has 1 saturated heterocycles. The lowest BCUT2D eigenvalue weighted by Gasteiger charge is -2.24. The molecule has 0 aliphatic carbocycles. The highest BCUT2D eigenvalue weighted by Gasteiger charge is 2.19. The van der Waals surface area contributed by atoms with Gasteiger partial charge in [0, 0.05) is 18.0 Å². The standard InChI is InChI=1S/C14H11N2O/c15-9-11-10-16(14-7-3-4-8-17-14)13-6-2-1-5-12(11)13/h1-7,10,14H,8H2. The molecule has 1 atom stereocenters. The van der Waals surface area contributed by atoms with Crippen molar-refractivity contribution in [1.82, 2.24) is 4.57 Å². The summed E-state index contributed by atoms with van der Waals surface area (Å²) >= 11 is 0. The lowest BCUT2D eigenvalue weighted by atomic mass is 10.2. The lowest BCUT2D eigenvalue weighted by molar-refractivity contribution is 0.0345. The molecule has 2 aromatic rings. The van der Waals surface area contributed by atoms with Crippen molar-refractivity contribution >= 4 is 10.9 Å². The van der Waals surface area contributed by atoms with Crippen LogP contribution < -0.4 is 0 Å². The van der Waals surface area contributed by atoms with Gasteiger partial charge in [0.05, 0.1) is 17.7 Å². The van der Waals surface area contributed by atoms with E-state index in [1.54, 1.807) is 0 Å². The van der Waals surface area contributed by atoms with E-state index in [1.165, 1.54) is 0 Å². The summed E-state index contributed by atoms with van der Waals surface area (Å²) in [4.78, 5) is 0. The van der Waals surface area contributed by atoms with Crippen LogP contribution in [0.2, 0.25) is 0 Å². The first-order valence-corrected chi connectivity index (χ1v) is 5.51. The molecule has 0 bridgehead atoms. The topological polar surface area (TPSA) is 38.0 Å². The summed E-state index contributed by atoms with van der Waals surface area (Å²) in [6.45, 7) is 0.607. The van der Waals surface area contributed by atoms with Crippen molar-refractivity contribution in [3.05, 3.63) is 55.3 Å². The van der Waals surface area contributed by atoms with E-state index in [0.29, 0.717) is 12.2 Å². The average molecular weight is 223 g/mol.